The Bertz CT molecular complexity index is 579. The first-order chi connectivity index (χ1) is 9.25. The minimum atomic E-state index is -0.385. The number of amides is 1. The van der Waals surface area contributed by atoms with Crippen LogP contribution in [0, 0.1) is 0 Å². The maximum absolute atomic E-state index is 12.2. The van der Waals surface area contributed by atoms with Gasteiger partial charge in [0, 0.05) is 5.56 Å². The van der Waals surface area contributed by atoms with Gasteiger partial charge in [0.1, 0.15) is 0 Å². The van der Waals surface area contributed by atoms with Crippen LogP contribution in [0.3, 0.4) is 0 Å². The van der Waals surface area contributed by atoms with E-state index in [1.165, 1.54) is 11.3 Å². The van der Waals surface area contributed by atoms with E-state index in [9.17, 15) is 9.90 Å². The van der Waals surface area contributed by atoms with Crippen LogP contribution in [0.1, 0.15) is 22.5 Å². The maximum atomic E-state index is 12.2. The highest BCUT2D eigenvalue weighted by Crippen LogP contribution is 2.29. The Hall–Kier alpha value is -1.65. The fourth-order valence-corrected chi connectivity index (χ4v) is 3.03. The summed E-state index contributed by atoms with van der Waals surface area (Å²) in [5.74, 6) is -0.0856. The molecule has 1 amide bonds. The second-order valence-corrected chi connectivity index (χ2v) is 5.67. The van der Waals surface area contributed by atoms with Crippen molar-refractivity contribution in [2.24, 2.45) is 0 Å². The van der Waals surface area contributed by atoms with Crippen LogP contribution in [0.5, 0.6) is 0 Å². The van der Waals surface area contributed by atoms with Crippen molar-refractivity contribution in [3.05, 3.63) is 46.7 Å². The number of hydrogen-bond donors (Lipinski definition) is 2. The average Bonchev–Trinajstić information content (AvgIpc) is 2.93. The molecule has 0 aliphatic heterocycles. The molecule has 1 aliphatic rings. The van der Waals surface area contributed by atoms with Crippen LogP contribution in [0.2, 0.25) is 0 Å². The van der Waals surface area contributed by atoms with Crippen LogP contribution in [0.4, 0.5) is 0 Å². The number of nitrogens with one attached hydrogen (secondary N) is 1. The Labute approximate surface area is 115 Å². The second kappa shape index (κ2) is 5.15. The molecular formula is C15H15NO2S. The average molecular weight is 273 g/mol. The highest BCUT2D eigenvalue weighted by Gasteiger charge is 2.31. The molecule has 0 saturated heterocycles. The number of hydrogen-bond acceptors (Lipinski definition) is 3. The highest BCUT2D eigenvalue weighted by atomic mass is 32.1. The molecule has 19 heavy (non-hydrogen) atoms. The number of carbonyl (C=O) groups is 1. The van der Waals surface area contributed by atoms with E-state index in [4.69, 9.17) is 0 Å². The maximum Gasteiger partial charge on any atom is 0.262 e. The monoisotopic (exact) mass is 273 g/mol. The summed E-state index contributed by atoms with van der Waals surface area (Å²) in [6.45, 7) is 0. The summed E-state index contributed by atoms with van der Waals surface area (Å²) in [7, 11) is 0. The summed E-state index contributed by atoms with van der Waals surface area (Å²) in [6, 6.07) is 11.8. The van der Waals surface area contributed by atoms with Crippen molar-refractivity contribution in [1.82, 2.24) is 5.32 Å². The largest absolute Gasteiger partial charge is 0.391 e. The van der Waals surface area contributed by atoms with E-state index in [0.29, 0.717) is 4.88 Å². The molecule has 0 spiro atoms. The van der Waals surface area contributed by atoms with Gasteiger partial charge < -0.3 is 10.4 Å². The minimum Gasteiger partial charge on any atom is -0.391 e. The number of rotatable bonds is 3. The predicted octanol–water partition coefficient (Wildman–Crippen LogP) is 2.67. The summed E-state index contributed by atoms with van der Waals surface area (Å²) < 4.78 is 0. The van der Waals surface area contributed by atoms with Crippen molar-refractivity contribution in [3.63, 3.8) is 0 Å². The lowest BCUT2D eigenvalue weighted by atomic mass is 9.89. The molecule has 1 aliphatic carbocycles. The van der Waals surface area contributed by atoms with Gasteiger partial charge in [0.2, 0.25) is 0 Å². The number of aliphatic hydroxyl groups excluding tert-OH is 1. The Morgan fingerprint density at radius 1 is 1.21 bits per heavy atom. The van der Waals surface area contributed by atoms with Gasteiger partial charge in [-0.05, 0) is 29.9 Å². The summed E-state index contributed by atoms with van der Waals surface area (Å²) in [4.78, 5) is 13.0. The highest BCUT2D eigenvalue weighted by molar-refractivity contribution is 7.12. The zero-order chi connectivity index (χ0) is 13.2. The van der Waals surface area contributed by atoms with E-state index in [1.54, 1.807) is 0 Å². The summed E-state index contributed by atoms with van der Waals surface area (Å²) >= 11 is 1.44. The van der Waals surface area contributed by atoms with Crippen molar-refractivity contribution >= 4 is 17.2 Å². The summed E-state index contributed by atoms with van der Waals surface area (Å²) in [5, 5.41) is 14.4. The van der Waals surface area contributed by atoms with Crippen LogP contribution in [0.25, 0.3) is 11.1 Å². The van der Waals surface area contributed by atoms with Crippen LogP contribution >= 0.6 is 11.3 Å². The van der Waals surface area contributed by atoms with Crippen LogP contribution in [0.15, 0.2) is 41.8 Å². The van der Waals surface area contributed by atoms with E-state index in [0.717, 1.165) is 24.0 Å². The van der Waals surface area contributed by atoms with E-state index in [1.807, 2.05) is 41.8 Å². The van der Waals surface area contributed by atoms with E-state index < -0.39 is 0 Å². The van der Waals surface area contributed by atoms with Gasteiger partial charge in [-0.3, -0.25) is 4.79 Å². The van der Waals surface area contributed by atoms with Gasteiger partial charge in [-0.25, -0.2) is 0 Å². The van der Waals surface area contributed by atoms with Crippen molar-refractivity contribution in [1.29, 1.82) is 0 Å². The standard InChI is InChI=1S/C15H15NO2S/c17-13-7-6-12(13)16-15(18)14-11(8-9-19-14)10-4-2-1-3-5-10/h1-5,8-9,12-13,17H,6-7H2,(H,16,18)/t12-,13+/m0/s1. The smallest absolute Gasteiger partial charge is 0.262 e. The first kappa shape index (κ1) is 12.4. The lowest BCUT2D eigenvalue weighted by Gasteiger charge is -2.32. The van der Waals surface area contributed by atoms with Gasteiger partial charge in [0.25, 0.3) is 5.91 Å². The first-order valence-electron chi connectivity index (χ1n) is 6.37. The molecule has 2 N–H and O–H groups in total. The zero-order valence-corrected chi connectivity index (χ0v) is 11.2. The van der Waals surface area contributed by atoms with Gasteiger partial charge in [-0.15, -0.1) is 11.3 Å². The quantitative estimate of drug-likeness (QED) is 0.903. The lowest BCUT2D eigenvalue weighted by molar-refractivity contribution is 0.0449. The third-order valence-electron chi connectivity index (χ3n) is 3.51. The Kier molecular flexibility index (Phi) is 3.36. The third kappa shape index (κ3) is 2.41. The molecule has 0 radical (unpaired) electrons. The van der Waals surface area contributed by atoms with Gasteiger partial charge in [0.15, 0.2) is 0 Å². The molecule has 1 heterocycles. The topological polar surface area (TPSA) is 49.3 Å². The molecule has 1 aromatic carbocycles. The van der Waals surface area contributed by atoms with Crippen molar-refractivity contribution < 1.29 is 9.90 Å². The van der Waals surface area contributed by atoms with Crippen LogP contribution in [-0.4, -0.2) is 23.2 Å². The van der Waals surface area contributed by atoms with Crippen molar-refractivity contribution in [3.8, 4) is 11.1 Å². The molecule has 1 aromatic heterocycles. The predicted molar refractivity (Wildman–Crippen MR) is 76.3 cm³/mol. The van der Waals surface area contributed by atoms with Gasteiger partial charge in [-0.2, -0.15) is 0 Å². The molecule has 1 saturated carbocycles. The fourth-order valence-electron chi connectivity index (χ4n) is 2.21. The third-order valence-corrected chi connectivity index (χ3v) is 4.42. The molecule has 98 valence electrons. The Morgan fingerprint density at radius 3 is 2.63 bits per heavy atom. The molecule has 2 atom stereocenters. The van der Waals surface area contributed by atoms with Crippen LogP contribution < -0.4 is 5.32 Å². The van der Waals surface area contributed by atoms with Crippen molar-refractivity contribution in [2.75, 3.05) is 0 Å². The molecule has 3 nitrogen and oxygen atoms in total. The van der Waals surface area contributed by atoms with Gasteiger partial charge in [-0.1, -0.05) is 30.3 Å². The number of aliphatic hydroxyl groups is 1. The molecule has 2 aromatic rings. The number of thiophene rings is 1. The Balaban J connectivity index is 1.82. The number of benzene rings is 1. The second-order valence-electron chi connectivity index (χ2n) is 4.75. The Morgan fingerprint density at radius 2 is 2.00 bits per heavy atom. The SMILES string of the molecule is O=C(N[C@H]1CC[C@H]1O)c1sccc1-c1ccccc1. The fraction of sp³-hybridized carbons (Fsp3) is 0.267. The van der Waals surface area contributed by atoms with Gasteiger partial charge in [0.05, 0.1) is 17.0 Å². The molecule has 3 rings (SSSR count). The lowest BCUT2D eigenvalue weighted by Crippen LogP contribution is -2.50. The van der Waals surface area contributed by atoms with Gasteiger partial charge >= 0.3 is 0 Å². The molecule has 0 unspecified atom stereocenters. The first-order valence-corrected chi connectivity index (χ1v) is 7.25. The molecule has 0 bridgehead atoms. The molecule has 4 heteroatoms. The molecule has 1 fully saturated rings. The zero-order valence-electron chi connectivity index (χ0n) is 10.4. The molecular weight excluding hydrogens is 258 g/mol. The van der Waals surface area contributed by atoms with Crippen molar-refractivity contribution in [2.45, 2.75) is 25.0 Å². The minimum absolute atomic E-state index is 0.0850. The summed E-state index contributed by atoms with van der Waals surface area (Å²) in [6.07, 6.45) is 1.25. The normalized spacial score (nSPS) is 21.7. The number of carbonyl (C=O) groups excluding carboxylic acids is 1. The van der Waals surface area contributed by atoms with E-state index >= 15 is 0 Å². The van der Waals surface area contributed by atoms with E-state index in [-0.39, 0.29) is 18.1 Å². The van der Waals surface area contributed by atoms with E-state index in [2.05, 4.69) is 5.32 Å². The summed E-state index contributed by atoms with van der Waals surface area (Å²) in [5.41, 5.74) is 2.00. The van der Waals surface area contributed by atoms with Crippen LogP contribution in [-0.2, 0) is 0 Å².